The van der Waals surface area contributed by atoms with Crippen molar-refractivity contribution < 1.29 is 14.2 Å². The number of nitrogens with zero attached hydrogens (tertiary/aromatic N) is 1. The molecule has 0 N–H and O–H groups in total. The predicted octanol–water partition coefficient (Wildman–Crippen LogP) is 5.42. The minimum atomic E-state index is 0.501. The van der Waals surface area contributed by atoms with Crippen molar-refractivity contribution in [2.75, 3.05) is 14.2 Å². The molecule has 0 bridgehead atoms. The average Bonchev–Trinajstić information content (AvgIpc) is 2.78. The van der Waals surface area contributed by atoms with Gasteiger partial charge in [-0.3, -0.25) is 4.98 Å². The summed E-state index contributed by atoms with van der Waals surface area (Å²) in [4.78, 5) is 4.60. The van der Waals surface area contributed by atoms with Gasteiger partial charge in [0.15, 0.2) is 11.5 Å². The third-order valence-corrected chi connectivity index (χ3v) is 4.89. The minimum Gasteiger partial charge on any atom is -0.497 e. The third kappa shape index (κ3) is 4.32. The standard InChI is InChI=1S/C25H23NO3/c1-27-21-10-9-20-12-13-26-23(22(20)16-21)14-19-8-11-24(25(15-19)28-2)29-17-18-6-4-3-5-7-18/h3-13,15-16H,14,17H2,1-2H3. The molecule has 0 saturated heterocycles. The molecule has 0 saturated carbocycles. The van der Waals surface area contributed by atoms with Crippen molar-refractivity contribution in [3.8, 4) is 17.2 Å². The van der Waals surface area contributed by atoms with Crippen LogP contribution in [0.25, 0.3) is 10.8 Å². The first kappa shape index (κ1) is 18.8. The van der Waals surface area contributed by atoms with E-state index in [0.717, 1.165) is 44.8 Å². The Morgan fingerprint density at radius 1 is 0.759 bits per heavy atom. The minimum absolute atomic E-state index is 0.501. The molecule has 1 heterocycles. The second kappa shape index (κ2) is 8.65. The number of fused-ring (bicyclic) bond motifs is 1. The molecule has 0 fully saturated rings. The van der Waals surface area contributed by atoms with E-state index in [4.69, 9.17) is 14.2 Å². The molecule has 4 aromatic rings. The van der Waals surface area contributed by atoms with Crippen molar-refractivity contribution in [3.05, 3.63) is 95.8 Å². The molecule has 0 aliphatic heterocycles. The van der Waals surface area contributed by atoms with Gasteiger partial charge in [0.05, 0.1) is 19.9 Å². The first-order valence-electron chi connectivity index (χ1n) is 9.52. The zero-order chi connectivity index (χ0) is 20.1. The van der Waals surface area contributed by atoms with Gasteiger partial charge in [-0.15, -0.1) is 0 Å². The summed E-state index contributed by atoms with van der Waals surface area (Å²) in [7, 11) is 3.34. The summed E-state index contributed by atoms with van der Waals surface area (Å²) in [6.45, 7) is 0.501. The van der Waals surface area contributed by atoms with Crippen LogP contribution in [0.15, 0.2) is 79.0 Å². The fourth-order valence-electron chi connectivity index (χ4n) is 3.35. The van der Waals surface area contributed by atoms with Crippen molar-refractivity contribution in [1.82, 2.24) is 4.98 Å². The molecule has 0 radical (unpaired) electrons. The molecular formula is C25H23NO3. The smallest absolute Gasteiger partial charge is 0.161 e. The van der Waals surface area contributed by atoms with Gasteiger partial charge >= 0.3 is 0 Å². The van der Waals surface area contributed by atoms with Crippen molar-refractivity contribution in [2.24, 2.45) is 0 Å². The summed E-state index contributed by atoms with van der Waals surface area (Å²) in [6.07, 6.45) is 2.54. The summed E-state index contributed by atoms with van der Waals surface area (Å²) >= 11 is 0. The molecule has 146 valence electrons. The van der Waals surface area contributed by atoms with Gasteiger partial charge < -0.3 is 14.2 Å². The lowest BCUT2D eigenvalue weighted by Gasteiger charge is -2.13. The summed E-state index contributed by atoms with van der Waals surface area (Å²) in [5.41, 5.74) is 3.23. The fraction of sp³-hybridized carbons (Fsp3) is 0.160. The summed E-state index contributed by atoms with van der Waals surface area (Å²) in [6, 6.07) is 24.2. The van der Waals surface area contributed by atoms with Crippen LogP contribution in [-0.2, 0) is 13.0 Å². The zero-order valence-electron chi connectivity index (χ0n) is 16.6. The quantitative estimate of drug-likeness (QED) is 0.426. The first-order valence-corrected chi connectivity index (χ1v) is 9.52. The average molecular weight is 385 g/mol. The molecule has 0 amide bonds. The highest BCUT2D eigenvalue weighted by Gasteiger charge is 2.10. The van der Waals surface area contributed by atoms with Crippen molar-refractivity contribution >= 4 is 10.8 Å². The maximum absolute atomic E-state index is 5.96. The highest BCUT2D eigenvalue weighted by atomic mass is 16.5. The van der Waals surface area contributed by atoms with E-state index in [1.807, 2.05) is 66.9 Å². The SMILES string of the molecule is COc1ccc2ccnc(Cc3ccc(OCc4ccccc4)c(OC)c3)c2c1. The lowest BCUT2D eigenvalue weighted by molar-refractivity contribution is 0.284. The van der Waals surface area contributed by atoms with Crippen molar-refractivity contribution in [3.63, 3.8) is 0 Å². The predicted molar refractivity (Wildman–Crippen MR) is 115 cm³/mol. The molecule has 29 heavy (non-hydrogen) atoms. The Kier molecular flexibility index (Phi) is 5.61. The van der Waals surface area contributed by atoms with Crippen LogP contribution >= 0.6 is 0 Å². The normalized spacial score (nSPS) is 10.7. The summed E-state index contributed by atoms with van der Waals surface area (Å²) in [5, 5.41) is 2.24. The van der Waals surface area contributed by atoms with Crippen LogP contribution in [0.2, 0.25) is 0 Å². The highest BCUT2D eigenvalue weighted by Crippen LogP contribution is 2.31. The fourth-order valence-corrected chi connectivity index (χ4v) is 3.35. The van der Waals surface area contributed by atoms with Gasteiger partial charge in [-0.05, 0) is 46.8 Å². The Hall–Kier alpha value is -3.53. The Bertz CT molecular complexity index is 1110. The summed E-state index contributed by atoms with van der Waals surface area (Å²) < 4.78 is 16.9. The maximum Gasteiger partial charge on any atom is 0.161 e. The van der Waals surface area contributed by atoms with E-state index in [2.05, 4.69) is 17.1 Å². The van der Waals surface area contributed by atoms with E-state index in [1.54, 1.807) is 14.2 Å². The van der Waals surface area contributed by atoms with E-state index < -0.39 is 0 Å². The monoisotopic (exact) mass is 385 g/mol. The number of benzene rings is 3. The number of aromatic nitrogens is 1. The zero-order valence-corrected chi connectivity index (χ0v) is 16.6. The van der Waals surface area contributed by atoms with Crippen LogP contribution in [0, 0.1) is 0 Å². The topological polar surface area (TPSA) is 40.6 Å². The summed E-state index contributed by atoms with van der Waals surface area (Å²) in [5.74, 6) is 2.28. The third-order valence-electron chi connectivity index (χ3n) is 4.89. The molecule has 0 aliphatic carbocycles. The molecule has 0 spiro atoms. The van der Waals surface area contributed by atoms with Crippen LogP contribution in [0.5, 0.6) is 17.2 Å². The van der Waals surface area contributed by atoms with Gasteiger partial charge in [0.25, 0.3) is 0 Å². The van der Waals surface area contributed by atoms with Gasteiger partial charge in [-0.1, -0.05) is 42.5 Å². The Labute approximate surface area is 170 Å². The largest absolute Gasteiger partial charge is 0.497 e. The number of hydrogen-bond donors (Lipinski definition) is 0. The van der Waals surface area contributed by atoms with Gasteiger partial charge in [0, 0.05) is 18.0 Å². The van der Waals surface area contributed by atoms with Crippen LogP contribution in [-0.4, -0.2) is 19.2 Å². The molecule has 4 nitrogen and oxygen atoms in total. The Morgan fingerprint density at radius 3 is 2.41 bits per heavy atom. The van der Waals surface area contributed by atoms with Crippen LogP contribution in [0.1, 0.15) is 16.8 Å². The lowest BCUT2D eigenvalue weighted by Crippen LogP contribution is -1.99. The Morgan fingerprint density at radius 2 is 1.62 bits per heavy atom. The van der Waals surface area contributed by atoms with E-state index in [0.29, 0.717) is 13.0 Å². The maximum atomic E-state index is 5.96. The molecule has 4 rings (SSSR count). The number of hydrogen-bond acceptors (Lipinski definition) is 4. The molecule has 0 aliphatic rings. The van der Waals surface area contributed by atoms with E-state index in [9.17, 15) is 0 Å². The van der Waals surface area contributed by atoms with E-state index in [1.165, 1.54) is 0 Å². The van der Waals surface area contributed by atoms with E-state index in [-0.39, 0.29) is 0 Å². The number of pyridine rings is 1. The second-order valence-electron chi connectivity index (χ2n) is 6.78. The number of ether oxygens (including phenoxy) is 3. The molecule has 3 aromatic carbocycles. The lowest BCUT2D eigenvalue weighted by atomic mass is 10.0. The number of methoxy groups -OCH3 is 2. The van der Waals surface area contributed by atoms with Crippen LogP contribution in [0.3, 0.4) is 0 Å². The molecule has 0 unspecified atom stereocenters. The van der Waals surface area contributed by atoms with Crippen LogP contribution < -0.4 is 14.2 Å². The number of rotatable bonds is 7. The van der Waals surface area contributed by atoms with Crippen LogP contribution in [0.4, 0.5) is 0 Å². The van der Waals surface area contributed by atoms with Crippen molar-refractivity contribution in [1.29, 1.82) is 0 Å². The Balaban J connectivity index is 1.57. The van der Waals surface area contributed by atoms with Gasteiger partial charge in [0.2, 0.25) is 0 Å². The molecule has 1 aromatic heterocycles. The first-order chi connectivity index (χ1) is 14.3. The molecular weight excluding hydrogens is 362 g/mol. The van der Waals surface area contributed by atoms with Crippen molar-refractivity contribution in [2.45, 2.75) is 13.0 Å². The van der Waals surface area contributed by atoms with Gasteiger partial charge in [0.1, 0.15) is 12.4 Å². The molecule has 0 atom stereocenters. The molecule has 4 heteroatoms. The van der Waals surface area contributed by atoms with Gasteiger partial charge in [-0.2, -0.15) is 0 Å². The van der Waals surface area contributed by atoms with Gasteiger partial charge in [-0.25, -0.2) is 0 Å². The highest BCUT2D eigenvalue weighted by molar-refractivity contribution is 5.86. The van der Waals surface area contributed by atoms with E-state index >= 15 is 0 Å². The second-order valence-corrected chi connectivity index (χ2v) is 6.78.